The Morgan fingerprint density at radius 2 is 1.67 bits per heavy atom. The molecule has 0 spiro atoms. The summed E-state index contributed by atoms with van der Waals surface area (Å²) in [4.78, 5) is 18.5. The third kappa shape index (κ3) is 4.90. The number of anilines is 1. The molecule has 10 heteroatoms. The summed E-state index contributed by atoms with van der Waals surface area (Å²) in [6, 6.07) is 12.7. The lowest BCUT2D eigenvalue weighted by Gasteiger charge is -2.26. The fourth-order valence-corrected chi connectivity index (χ4v) is 6.91. The van der Waals surface area contributed by atoms with Gasteiger partial charge >= 0.3 is 0 Å². The standard InChI is InChI=1S/C29H33N5O4S/c1-18-10-9-11-19(2)26(18)31-29(35)27-25(28-30-20(3)16-21(4)34(28)32-27)22-12-13-23(38-5)24(17-22)39(36,37)33-14-7-6-8-15-33/h9-13,16-17H,6-8,14-15H2,1-5H3,(H,31,35). The zero-order valence-corrected chi connectivity index (χ0v) is 23.7. The third-order valence-corrected chi connectivity index (χ3v) is 9.13. The van der Waals surface area contributed by atoms with Crippen LogP contribution in [0, 0.1) is 27.7 Å². The number of fused-ring (bicyclic) bond motifs is 1. The molecule has 39 heavy (non-hydrogen) atoms. The Morgan fingerprint density at radius 1 is 0.974 bits per heavy atom. The van der Waals surface area contributed by atoms with Crippen molar-refractivity contribution in [3.63, 3.8) is 0 Å². The van der Waals surface area contributed by atoms with E-state index in [-0.39, 0.29) is 16.3 Å². The summed E-state index contributed by atoms with van der Waals surface area (Å²) in [5, 5.41) is 7.69. The first-order chi connectivity index (χ1) is 18.6. The maximum absolute atomic E-state index is 13.8. The summed E-state index contributed by atoms with van der Waals surface area (Å²) in [7, 11) is -2.37. The van der Waals surface area contributed by atoms with E-state index in [1.165, 1.54) is 11.4 Å². The largest absolute Gasteiger partial charge is 0.495 e. The zero-order valence-electron chi connectivity index (χ0n) is 22.9. The third-order valence-electron chi connectivity index (χ3n) is 7.22. The van der Waals surface area contributed by atoms with Crippen LogP contribution in [0.4, 0.5) is 5.69 Å². The first-order valence-corrected chi connectivity index (χ1v) is 14.5. The summed E-state index contributed by atoms with van der Waals surface area (Å²) in [5.41, 5.74) is 5.76. The molecule has 0 saturated carbocycles. The van der Waals surface area contributed by atoms with Crippen LogP contribution in [0.2, 0.25) is 0 Å². The minimum atomic E-state index is -3.82. The molecule has 9 nitrogen and oxygen atoms in total. The monoisotopic (exact) mass is 547 g/mol. The van der Waals surface area contributed by atoms with Crippen LogP contribution in [-0.4, -0.2) is 53.4 Å². The Balaban J connectivity index is 1.70. The second-order valence-electron chi connectivity index (χ2n) is 10.0. The average molecular weight is 548 g/mol. The van der Waals surface area contributed by atoms with E-state index in [2.05, 4.69) is 10.4 Å². The molecule has 1 aliphatic heterocycles. The summed E-state index contributed by atoms with van der Waals surface area (Å²) in [5.74, 6) is -0.149. The second-order valence-corrected chi connectivity index (χ2v) is 12.0. The van der Waals surface area contributed by atoms with Crippen LogP contribution < -0.4 is 10.1 Å². The number of carbonyl (C=O) groups excluding carboxylic acids is 1. The molecule has 1 N–H and O–H groups in total. The molecule has 1 saturated heterocycles. The molecule has 4 aromatic rings. The van der Waals surface area contributed by atoms with Gasteiger partial charge in [0, 0.05) is 30.2 Å². The number of aromatic nitrogens is 3. The molecular formula is C29H33N5O4S. The molecular weight excluding hydrogens is 514 g/mol. The van der Waals surface area contributed by atoms with Crippen molar-refractivity contribution in [1.82, 2.24) is 18.9 Å². The molecule has 5 rings (SSSR count). The van der Waals surface area contributed by atoms with Gasteiger partial charge in [-0.15, -0.1) is 0 Å². The maximum Gasteiger partial charge on any atom is 0.276 e. The summed E-state index contributed by atoms with van der Waals surface area (Å²) in [6.07, 6.45) is 2.65. The molecule has 1 aliphatic rings. The Kier molecular flexibility index (Phi) is 7.17. The number of carbonyl (C=O) groups is 1. The van der Waals surface area contributed by atoms with E-state index in [1.807, 2.05) is 52.0 Å². The number of aryl methyl sites for hydroxylation is 4. The number of rotatable bonds is 6. The van der Waals surface area contributed by atoms with Crippen LogP contribution in [0.5, 0.6) is 5.75 Å². The minimum Gasteiger partial charge on any atom is -0.495 e. The number of hydrogen-bond donors (Lipinski definition) is 1. The smallest absolute Gasteiger partial charge is 0.276 e. The van der Waals surface area contributed by atoms with Crippen LogP contribution in [-0.2, 0) is 10.0 Å². The SMILES string of the molecule is COc1ccc(-c2c(C(=O)Nc3c(C)cccc3C)nn3c(C)cc(C)nc23)cc1S(=O)(=O)N1CCCCC1. The maximum atomic E-state index is 13.8. The summed E-state index contributed by atoms with van der Waals surface area (Å²) in [6.45, 7) is 8.57. The van der Waals surface area contributed by atoms with Gasteiger partial charge < -0.3 is 10.1 Å². The highest BCUT2D eigenvalue weighted by Crippen LogP contribution is 2.36. The molecule has 204 valence electrons. The molecule has 3 heterocycles. The van der Waals surface area contributed by atoms with Gasteiger partial charge in [0.05, 0.1) is 12.7 Å². The molecule has 0 atom stereocenters. The number of methoxy groups -OCH3 is 1. The van der Waals surface area contributed by atoms with Crippen LogP contribution in [0.25, 0.3) is 16.8 Å². The van der Waals surface area contributed by atoms with Gasteiger partial charge in [-0.3, -0.25) is 4.79 Å². The number of hydrogen-bond acceptors (Lipinski definition) is 6. The molecule has 1 fully saturated rings. The van der Waals surface area contributed by atoms with E-state index < -0.39 is 15.9 Å². The van der Waals surface area contributed by atoms with Gasteiger partial charge in [-0.05, 0) is 75.4 Å². The Labute approximate surface area is 228 Å². The molecule has 0 unspecified atom stereocenters. The van der Waals surface area contributed by atoms with Crippen molar-refractivity contribution >= 4 is 27.3 Å². The van der Waals surface area contributed by atoms with Crippen molar-refractivity contribution in [1.29, 1.82) is 0 Å². The van der Waals surface area contributed by atoms with Crippen LogP contribution in [0.1, 0.15) is 52.3 Å². The van der Waals surface area contributed by atoms with E-state index in [1.54, 1.807) is 22.7 Å². The summed E-state index contributed by atoms with van der Waals surface area (Å²) < 4.78 is 36.1. The van der Waals surface area contributed by atoms with Gasteiger partial charge in [-0.2, -0.15) is 9.40 Å². The van der Waals surface area contributed by atoms with Crippen LogP contribution in [0.15, 0.2) is 47.4 Å². The molecule has 2 aromatic heterocycles. The van der Waals surface area contributed by atoms with Gasteiger partial charge in [0.15, 0.2) is 11.3 Å². The van der Waals surface area contributed by atoms with Crippen molar-refractivity contribution in [2.45, 2.75) is 51.9 Å². The fourth-order valence-electron chi connectivity index (χ4n) is 5.21. The number of benzene rings is 2. The number of nitrogens with zero attached hydrogens (tertiary/aromatic N) is 4. The quantitative estimate of drug-likeness (QED) is 0.362. The number of sulfonamides is 1. The van der Waals surface area contributed by atoms with Crippen molar-refractivity contribution in [3.05, 3.63) is 70.7 Å². The number of amides is 1. The van der Waals surface area contributed by atoms with Crippen molar-refractivity contribution in [2.24, 2.45) is 0 Å². The lowest BCUT2D eigenvalue weighted by molar-refractivity contribution is 0.102. The van der Waals surface area contributed by atoms with Crippen LogP contribution in [0.3, 0.4) is 0 Å². The molecule has 0 aliphatic carbocycles. The van der Waals surface area contributed by atoms with Crippen molar-refractivity contribution < 1.29 is 17.9 Å². The first kappa shape index (κ1) is 26.8. The highest BCUT2D eigenvalue weighted by Gasteiger charge is 2.31. The van der Waals surface area contributed by atoms with Gasteiger partial charge in [0.25, 0.3) is 5.91 Å². The van der Waals surface area contributed by atoms with Crippen molar-refractivity contribution in [2.75, 3.05) is 25.5 Å². The van der Waals surface area contributed by atoms with E-state index in [9.17, 15) is 13.2 Å². The van der Waals surface area contributed by atoms with Crippen molar-refractivity contribution in [3.8, 4) is 16.9 Å². The van der Waals surface area contributed by atoms with E-state index in [0.717, 1.165) is 47.5 Å². The summed E-state index contributed by atoms with van der Waals surface area (Å²) >= 11 is 0. The first-order valence-electron chi connectivity index (χ1n) is 13.0. The van der Waals surface area contributed by atoms with Gasteiger partial charge in [-0.25, -0.2) is 17.9 Å². The van der Waals surface area contributed by atoms with Gasteiger partial charge in [-0.1, -0.05) is 30.7 Å². The topological polar surface area (TPSA) is 106 Å². The Morgan fingerprint density at radius 3 is 2.33 bits per heavy atom. The molecule has 0 radical (unpaired) electrons. The Hall–Kier alpha value is -3.76. The van der Waals surface area contributed by atoms with E-state index >= 15 is 0 Å². The predicted molar refractivity (Wildman–Crippen MR) is 151 cm³/mol. The van der Waals surface area contributed by atoms with Gasteiger partial charge in [0.2, 0.25) is 10.0 Å². The van der Waals surface area contributed by atoms with E-state index in [4.69, 9.17) is 9.72 Å². The highest BCUT2D eigenvalue weighted by atomic mass is 32.2. The zero-order chi connectivity index (χ0) is 27.9. The number of para-hydroxylation sites is 1. The molecule has 0 bridgehead atoms. The minimum absolute atomic E-state index is 0.0641. The highest BCUT2D eigenvalue weighted by molar-refractivity contribution is 7.89. The fraction of sp³-hybridized carbons (Fsp3) is 0.345. The van der Waals surface area contributed by atoms with E-state index in [0.29, 0.717) is 29.9 Å². The van der Waals surface area contributed by atoms with Gasteiger partial charge in [0.1, 0.15) is 10.6 Å². The normalized spacial score (nSPS) is 14.5. The predicted octanol–water partition coefficient (Wildman–Crippen LogP) is 5.07. The second kappa shape index (κ2) is 10.4. The number of ether oxygens (including phenoxy) is 1. The molecule has 1 amide bonds. The average Bonchev–Trinajstić information content (AvgIpc) is 3.30. The number of piperidine rings is 1. The lowest BCUT2D eigenvalue weighted by atomic mass is 10.0. The Bertz CT molecular complexity index is 1670. The number of nitrogens with one attached hydrogen (secondary N) is 1. The molecule has 2 aromatic carbocycles. The lowest BCUT2D eigenvalue weighted by Crippen LogP contribution is -2.35. The van der Waals surface area contributed by atoms with Crippen LogP contribution >= 0.6 is 0 Å².